The van der Waals surface area contributed by atoms with Crippen molar-refractivity contribution in [1.29, 1.82) is 0 Å². The summed E-state index contributed by atoms with van der Waals surface area (Å²) in [5.41, 5.74) is 6.17. The minimum atomic E-state index is -0.192. The quantitative estimate of drug-likeness (QED) is 0.845. The molecule has 0 heterocycles. The van der Waals surface area contributed by atoms with Crippen LogP contribution in [0.1, 0.15) is 25.8 Å². The van der Waals surface area contributed by atoms with Crippen LogP contribution in [-0.2, 0) is 10.2 Å². The van der Waals surface area contributed by atoms with E-state index in [1.165, 1.54) is 0 Å². The van der Waals surface area contributed by atoms with E-state index in [0.717, 1.165) is 10.6 Å². The first-order valence-corrected chi connectivity index (χ1v) is 6.07. The molecule has 0 aromatic heterocycles. The Morgan fingerprint density at radius 3 is 2.65 bits per heavy atom. The van der Waals surface area contributed by atoms with Gasteiger partial charge in [0.2, 0.25) is 5.91 Å². The number of benzene rings is 1. The highest BCUT2D eigenvalue weighted by atomic mass is 35.5. The van der Waals surface area contributed by atoms with Crippen molar-refractivity contribution in [2.24, 2.45) is 5.73 Å². The summed E-state index contributed by atoms with van der Waals surface area (Å²) < 4.78 is 0. The topological polar surface area (TPSA) is 55.1 Å². The lowest BCUT2D eigenvalue weighted by Crippen LogP contribution is -2.37. The number of amides is 1. The van der Waals surface area contributed by atoms with Crippen molar-refractivity contribution in [3.8, 4) is 0 Å². The van der Waals surface area contributed by atoms with E-state index in [-0.39, 0.29) is 11.3 Å². The van der Waals surface area contributed by atoms with Gasteiger partial charge < -0.3 is 11.1 Å². The van der Waals surface area contributed by atoms with Gasteiger partial charge in [0.1, 0.15) is 0 Å². The molecule has 3 nitrogen and oxygen atoms in total. The van der Waals surface area contributed by atoms with Gasteiger partial charge in [0.05, 0.1) is 0 Å². The fourth-order valence-corrected chi connectivity index (χ4v) is 2.04. The fraction of sp³-hybridized carbons (Fsp3) is 0.462. The summed E-state index contributed by atoms with van der Waals surface area (Å²) in [7, 11) is 0. The van der Waals surface area contributed by atoms with E-state index < -0.39 is 0 Å². The van der Waals surface area contributed by atoms with Gasteiger partial charge in [0.25, 0.3) is 0 Å². The van der Waals surface area contributed by atoms with E-state index in [9.17, 15) is 4.79 Å². The van der Waals surface area contributed by atoms with Crippen LogP contribution < -0.4 is 11.1 Å². The third-order valence-electron chi connectivity index (χ3n) is 2.70. The van der Waals surface area contributed by atoms with Crippen LogP contribution in [0.3, 0.4) is 0 Å². The van der Waals surface area contributed by atoms with Gasteiger partial charge in [0, 0.05) is 29.9 Å². The van der Waals surface area contributed by atoms with Crippen LogP contribution >= 0.6 is 11.6 Å². The van der Waals surface area contributed by atoms with Crippen molar-refractivity contribution in [2.45, 2.75) is 25.7 Å². The van der Waals surface area contributed by atoms with E-state index in [1.54, 1.807) is 0 Å². The summed E-state index contributed by atoms with van der Waals surface area (Å²) in [4.78, 5) is 11.4. The smallest absolute Gasteiger partial charge is 0.221 e. The van der Waals surface area contributed by atoms with E-state index in [4.69, 9.17) is 17.3 Å². The normalized spacial score (nSPS) is 11.3. The molecular formula is C13H19ClN2O. The zero-order valence-electron chi connectivity index (χ0n) is 10.3. The first-order valence-electron chi connectivity index (χ1n) is 5.69. The van der Waals surface area contributed by atoms with Gasteiger partial charge in [-0.1, -0.05) is 43.6 Å². The van der Waals surface area contributed by atoms with Gasteiger partial charge in [-0.05, 0) is 11.6 Å². The molecule has 0 aliphatic rings. The molecule has 94 valence electrons. The number of halogens is 1. The molecule has 0 aliphatic carbocycles. The van der Waals surface area contributed by atoms with Gasteiger partial charge in [-0.2, -0.15) is 0 Å². The molecule has 0 saturated heterocycles. The molecule has 0 spiro atoms. The Balaban J connectivity index is 2.69. The monoisotopic (exact) mass is 254 g/mol. The van der Waals surface area contributed by atoms with Crippen LogP contribution in [0.2, 0.25) is 5.02 Å². The summed E-state index contributed by atoms with van der Waals surface area (Å²) in [6, 6.07) is 7.69. The lowest BCUT2D eigenvalue weighted by molar-refractivity contribution is -0.121. The maximum atomic E-state index is 11.4. The summed E-state index contributed by atoms with van der Waals surface area (Å²) in [5, 5.41) is 3.60. The van der Waals surface area contributed by atoms with Gasteiger partial charge in [0.15, 0.2) is 0 Å². The van der Waals surface area contributed by atoms with E-state index in [2.05, 4.69) is 19.2 Å². The maximum Gasteiger partial charge on any atom is 0.221 e. The molecule has 0 unspecified atom stereocenters. The van der Waals surface area contributed by atoms with Crippen molar-refractivity contribution < 1.29 is 4.79 Å². The lowest BCUT2D eigenvalue weighted by Gasteiger charge is -2.26. The number of hydrogen-bond donors (Lipinski definition) is 2. The highest BCUT2D eigenvalue weighted by molar-refractivity contribution is 6.31. The number of hydrogen-bond acceptors (Lipinski definition) is 2. The minimum absolute atomic E-state index is 0.0207. The minimum Gasteiger partial charge on any atom is -0.355 e. The van der Waals surface area contributed by atoms with Crippen molar-refractivity contribution in [3.05, 3.63) is 34.9 Å². The van der Waals surface area contributed by atoms with Crippen LogP contribution in [0.5, 0.6) is 0 Å². The Labute approximate surface area is 107 Å². The Bertz CT molecular complexity index is 391. The van der Waals surface area contributed by atoms with Gasteiger partial charge in [-0.15, -0.1) is 0 Å². The molecule has 1 amide bonds. The number of carbonyl (C=O) groups excluding carboxylic acids is 1. The lowest BCUT2D eigenvalue weighted by atomic mass is 9.84. The summed E-state index contributed by atoms with van der Waals surface area (Å²) in [6.45, 7) is 5.03. The van der Waals surface area contributed by atoms with E-state index in [0.29, 0.717) is 19.5 Å². The SMILES string of the molecule is CC(C)(CNC(=O)CCN)c1ccccc1Cl. The Kier molecular flexibility index (Phi) is 4.97. The molecule has 0 aliphatic heterocycles. The molecule has 0 saturated carbocycles. The Morgan fingerprint density at radius 1 is 1.41 bits per heavy atom. The second kappa shape index (κ2) is 6.03. The van der Waals surface area contributed by atoms with Crippen LogP contribution in [0, 0.1) is 0 Å². The molecule has 0 radical (unpaired) electrons. The predicted molar refractivity (Wildman–Crippen MR) is 71.2 cm³/mol. The fourth-order valence-electron chi connectivity index (χ4n) is 1.64. The molecular weight excluding hydrogens is 236 g/mol. The molecule has 17 heavy (non-hydrogen) atoms. The first kappa shape index (κ1) is 14.0. The van der Waals surface area contributed by atoms with Crippen LogP contribution in [0.25, 0.3) is 0 Å². The van der Waals surface area contributed by atoms with Crippen LogP contribution in [0.15, 0.2) is 24.3 Å². The van der Waals surface area contributed by atoms with Gasteiger partial charge >= 0.3 is 0 Å². The Hall–Kier alpha value is -1.06. The largest absolute Gasteiger partial charge is 0.355 e. The molecule has 1 rings (SSSR count). The van der Waals surface area contributed by atoms with Crippen LogP contribution in [0.4, 0.5) is 0 Å². The zero-order valence-corrected chi connectivity index (χ0v) is 11.1. The highest BCUT2D eigenvalue weighted by Gasteiger charge is 2.23. The molecule has 1 aromatic rings. The summed E-state index contributed by atoms with van der Waals surface area (Å²) in [6.07, 6.45) is 0.360. The Morgan fingerprint density at radius 2 is 2.06 bits per heavy atom. The molecule has 0 fully saturated rings. The average molecular weight is 255 g/mol. The standard InChI is InChI=1S/C13H19ClN2O/c1-13(2,9-16-12(17)7-8-15)10-5-3-4-6-11(10)14/h3-6H,7-9,15H2,1-2H3,(H,16,17). The van der Waals surface area contributed by atoms with Crippen molar-refractivity contribution in [2.75, 3.05) is 13.1 Å². The van der Waals surface area contributed by atoms with Crippen molar-refractivity contribution in [3.63, 3.8) is 0 Å². The number of nitrogens with two attached hydrogens (primary N) is 1. The summed E-state index contributed by atoms with van der Waals surface area (Å²) in [5.74, 6) is -0.0207. The predicted octanol–water partition coefficient (Wildman–Crippen LogP) is 2.08. The highest BCUT2D eigenvalue weighted by Crippen LogP contribution is 2.28. The molecule has 0 atom stereocenters. The van der Waals surface area contributed by atoms with E-state index >= 15 is 0 Å². The average Bonchev–Trinajstić information content (AvgIpc) is 2.27. The van der Waals surface area contributed by atoms with Gasteiger partial charge in [-0.3, -0.25) is 4.79 Å². The number of carbonyl (C=O) groups is 1. The second-order valence-electron chi connectivity index (χ2n) is 4.68. The first-order chi connectivity index (χ1) is 7.97. The second-order valence-corrected chi connectivity index (χ2v) is 5.09. The van der Waals surface area contributed by atoms with Crippen molar-refractivity contribution in [1.82, 2.24) is 5.32 Å². The van der Waals surface area contributed by atoms with Crippen LogP contribution in [-0.4, -0.2) is 19.0 Å². The molecule has 0 bridgehead atoms. The molecule has 4 heteroatoms. The summed E-state index contributed by atoms with van der Waals surface area (Å²) >= 11 is 6.15. The van der Waals surface area contributed by atoms with Crippen molar-refractivity contribution >= 4 is 17.5 Å². The molecule has 1 aromatic carbocycles. The van der Waals surface area contributed by atoms with E-state index in [1.807, 2.05) is 24.3 Å². The maximum absolute atomic E-state index is 11.4. The van der Waals surface area contributed by atoms with Gasteiger partial charge in [-0.25, -0.2) is 0 Å². The third kappa shape index (κ3) is 4.02. The number of nitrogens with one attached hydrogen (secondary N) is 1. The number of rotatable bonds is 5. The third-order valence-corrected chi connectivity index (χ3v) is 3.03. The molecule has 3 N–H and O–H groups in total. The zero-order chi connectivity index (χ0) is 12.9.